The van der Waals surface area contributed by atoms with Gasteiger partial charge in [0.1, 0.15) is 0 Å². The first-order valence-corrected chi connectivity index (χ1v) is 6.36. The summed E-state index contributed by atoms with van der Waals surface area (Å²) >= 11 is 0. The molecule has 0 aromatic heterocycles. The summed E-state index contributed by atoms with van der Waals surface area (Å²) in [6.07, 6.45) is 0.808. The van der Waals surface area contributed by atoms with Crippen molar-refractivity contribution in [2.75, 3.05) is 11.4 Å². The number of benzene rings is 1. The number of anilines is 1. The molecule has 1 atom stereocenters. The van der Waals surface area contributed by atoms with Crippen LogP contribution in [0.15, 0.2) is 29.4 Å². The topological polar surface area (TPSA) is 73.1 Å². The average Bonchev–Trinajstić information content (AvgIpc) is 2.62. The Balaban J connectivity index is 2.48. The largest absolute Gasteiger partial charge is 0.411 e. The van der Waals surface area contributed by atoms with E-state index in [4.69, 9.17) is 5.21 Å². The van der Waals surface area contributed by atoms with Crippen LogP contribution in [-0.4, -0.2) is 28.5 Å². The summed E-state index contributed by atoms with van der Waals surface area (Å²) in [5.74, 6) is -0.349. The van der Waals surface area contributed by atoms with Crippen LogP contribution in [0.2, 0.25) is 0 Å². The summed E-state index contributed by atoms with van der Waals surface area (Å²) < 4.78 is 0. The zero-order valence-corrected chi connectivity index (χ0v) is 11.1. The lowest BCUT2D eigenvalue weighted by Crippen LogP contribution is -2.41. The van der Waals surface area contributed by atoms with Crippen molar-refractivity contribution in [1.29, 1.82) is 0 Å². The maximum absolute atomic E-state index is 12.5. The number of para-hydroxylation sites is 1. The molecule has 0 saturated heterocycles. The molecule has 0 unspecified atom stereocenters. The molecule has 1 amide bonds. The third-order valence-corrected chi connectivity index (χ3v) is 3.37. The first kappa shape index (κ1) is 13.5. The molecule has 19 heavy (non-hydrogen) atoms. The van der Waals surface area contributed by atoms with E-state index in [1.54, 1.807) is 24.0 Å². The second kappa shape index (κ2) is 5.01. The molecule has 0 spiro atoms. The van der Waals surface area contributed by atoms with Crippen LogP contribution in [0.3, 0.4) is 0 Å². The molecule has 5 heteroatoms. The van der Waals surface area contributed by atoms with E-state index in [-0.39, 0.29) is 12.3 Å². The minimum absolute atomic E-state index is 0.000436. The number of carbonyl (C=O) groups is 1. The number of hydrogen-bond donors (Lipinski definition) is 2. The molecule has 0 fully saturated rings. The highest BCUT2D eigenvalue weighted by atomic mass is 16.4. The molecule has 1 aliphatic rings. The average molecular weight is 262 g/mol. The predicted octanol–water partition coefficient (Wildman–Crippen LogP) is 1.87. The molecule has 1 aromatic rings. The molecule has 2 rings (SSSR count). The van der Waals surface area contributed by atoms with Crippen molar-refractivity contribution in [1.82, 2.24) is 0 Å². The number of aliphatic hydroxyl groups is 1. The lowest BCUT2D eigenvalue weighted by Gasteiger charge is -2.22. The summed E-state index contributed by atoms with van der Waals surface area (Å²) in [4.78, 5) is 14.1. The molecule has 0 saturated carbocycles. The molecule has 1 aliphatic heterocycles. The standard InChI is InChI=1S/C14H18N2O3/c1-3-8-16-12-7-5-4-6-11(12)14(18,13(16)17)9-10(2)15-19/h4-7,18-19H,3,8-9H2,1-2H3/t14-/m1/s1. The number of nitrogens with zero attached hydrogens (tertiary/aromatic N) is 2. The third-order valence-electron chi connectivity index (χ3n) is 3.37. The van der Waals surface area contributed by atoms with Crippen LogP contribution in [-0.2, 0) is 10.4 Å². The highest BCUT2D eigenvalue weighted by Gasteiger charge is 2.49. The lowest BCUT2D eigenvalue weighted by atomic mass is 9.90. The summed E-state index contributed by atoms with van der Waals surface area (Å²) in [5.41, 5.74) is 0.0188. The van der Waals surface area contributed by atoms with Crippen molar-refractivity contribution in [3.8, 4) is 0 Å². The van der Waals surface area contributed by atoms with Gasteiger partial charge in [0, 0.05) is 18.5 Å². The predicted molar refractivity (Wildman–Crippen MR) is 72.5 cm³/mol. The van der Waals surface area contributed by atoms with E-state index < -0.39 is 5.60 Å². The van der Waals surface area contributed by atoms with Gasteiger partial charge in [0.05, 0.1) is 11.4 Å². The zero-order chi connectivity index (χ0) is 14.0. The fraction of sp³-hybridized carbons (Fsp3) is 0.429. The fourth-order valence-corrected chi connectivity index (χ4v) is 2.53. The minimum Gasteiger partial charge on any atom is -0.411 e. The summed E-state index contributed by atoms with van der Waals surface area (Å²) in [7, 11) is 0. The molecule has 0 aliphatic carbocycles. The van der Waals surface area contributed by atoms with Crippen LogP contribution in [0.25, 0.3) is 0 Å². The maximum atomic E-state index is 12.5. The smallest absolute Gasteiger partial charge is 0.264 e. The Labute approximate surface area is 112 Å². The Morgan fingerprint density at radius 1 is 1.42 bits per heavy atom. The van der Waals surface area contributed by atoms with Gasteiger partial charge in [-0.1, -0.05) is 30.3 Å². The van der Waals surface area contributed by atoms with Crippen molar-refractivity contribution in [3.05, 3.63) is 29.8 Å². The molecular weight excluding hydrogens is 244 g/mol. The molecule has 0 bridgehead atoms. The van der Waals surface area contributed by atoms with E-state index >= 15 is 0 Å². The van der Waals surface area contributed by atoms with Crippen LogP contribution in [0.1, 0.15) is 32.3 Å². The van der Waals surface area contributed by atoms with Crippen molar-refractivity contribution >= 4 is 17.3 Å². The van der Waals surface area contributed by atoms with Gasteiger partial charge in [-0.05, 0) is 19.4 Å². The molecule has 2 N–H and O–H groups in total. The van der Waals surface area contributed by atoms with Crippen molar-refractivity contribution in [2.45, 2.75) is 32.3 Å². The molecule has 0 radical (unpaired) electrons. The van der Waals surface area contributed by atoms with Gasteiger partial charge >= 0.3 is 0 Å². The summed E-state index contributed by atoms with van der Waals surface area (Å²) in [5, 5.41) is 22.6. The highest BCUT2D eigenvalue weighted by Crippen LogP contribution is 2.42. The molecule has 102 valence electrons. The second-order valence-corrected chi connectivity index (χ2v) is 4.85. The number of rotatable bonds is 4. The Hall–Kier alpha value is -1.88. The Bertz CT molecular complexity index is 527. The normalized spacial score (nSPS) is 22.8. The van der Waals surface area contributed by atoms with Crippen LogP contribution in [0, 0.1) is 0 Å². The second-order valence-electron chi connectivity index (χ2n) is 4.85. The van der Waals surface area contributed by atoms with Crippen LogP contribution < -0.4 is 4.90 Å². The monoisotopic (exact) mass is 262 g/mol. The first-order valence-electron chi connectivity index (χ1n) is 6.36. The van der Waals surface area contributed by atoms with Gasteiger partial charge in [-0.3, -0.25) is 4.79 Å². The molecular formula is C14H18N2O3. The maximum Gasteiger partial charge on any atom is 0.264 e. The molecule has 1 aromatic carbocycles. The van der Waals surface area contributed by atoms with Gasteiger partial charge < -0.3 is 15.2 Å². The van der Waals surface area contributed by atoms with Gasteiger partial charge in [0.2, 0.25) is 0 Å². The number of fused-ring (bicyclic) bond motifs is 1. The van der Waals surface area contributed by atoms with Crippen LogP contribution >= 0.6 is 0 Å². The van der Waals surface area contributed by atoms with E-state index in [0.717, 1.165) is 12.1 Å². The van der Waals surface area contributed by atoms with Crippen LogP contribution in [0.4, 0.5) is 5.69 Å². The Morgan fingerprint density at radius 3 is 2.74 bits per heavy atom. The van der Waals surface area contributed by atoms with E-state index in [2.05, 4.69) is 5.16 Å². The first-order chi connectivity index (χ1) is 9.04. The Morgan fingerprint density at radius 2 is 2.11 bits per heavy atom. The lowest BCUT2D eigenvalue weighted by molar-refractivity contribution is -0.135. The van der Waals surface area contributed by atoms with Crippen molar-refractivity contribution in [2.24, 2.45) is 5.16 Å². The van der Waals surface area contributed by atoms with Crippen molar-refractivity contribution in [3.63, 3.8) is 0 Å². The van der Waals surface area contributed by atoms with E-state index in [1.165, 1.54) is 0 Å². The number of oxime groups is 1. The molecule has 5 nitrogen and oxygen atoms in total. The fourth-order valence-electron chi connectivity index (χ4n) is 2.53. The van der Waals surface area contributed by atoms with Gasteiger partial charge in [-0.25, -0.2) is 0 Å². The minimum atomic E-state index is -1.62. The quantitative estimate of drug-likeness (QED) is 0.494. The molecule has 1 heterocycles. The van der Waals surface area contributed by atoms with E-state index in [1.807, 2.05) is 19.1 Å². The summed E-state index contributed by atoms with van der Waals surface area (Å²) in [6, 6.07) is 7.20. The van der Waals surface area contributed by atoms with Gasteiger partial charge in [0.25, 0.3) is 5.91 Å². The van der Waals surface area contributed by atoms with Gasteiger partial charge in [-0.15, -0.1) is 0 Å². The van der Waals surface area contributed by atoms with Gasteiger partial charge in [0.15, 0.2) is 5.60 Å². The summed E-state index contributed by atoms with van der Waals surface area (Å²) in [6.45, 7) is 4.12. The Kier molecular flexibility index (Phi) is 3.57. The number of hydrogen-bond acceptors (Lipinski definition) is 4. The van der Waals surface area contributed by atoms with Crippen LogP contribution in [0.5, 0.6) is 0 Å². The zero-order valence-electron chi connectivity index (χ0n) is 11.1. The van der Waals surface area contributed by atoms with Gasteiger partial charge in [-0.2, -0.15) is 0 Å². The van der Waals surface area contributed by atoms with Crippen molar-refractivity contribution < 1.29 is 15.1 Å². The SMILES string of the molecule is CCCN1C(=O)[C@@](O)(CC(C)=NO)c2ccccc21. The van der Waals surface area contributed by atoms with E-state index in [0.29, 0.717) is 17.8 Å². The van der Waals surface area contributed by atoms with E-state index in [9.17, 15) is 9.90 Å². The highest BCUT2D eigenvalue weighted by molar-refractivity contribution is 6.09. The number of amides is 1. The number of carbonyl (C=O) groups excluding carboxylic acids is 1. The third kappa shape index (κ3) is 2.10.